The van der Waals surface area contributed by atoms with Gasteiger partial charge in [0, 0.05) is 62.2 Å². The van der Waals surface area contributed by atoms with Gasteiger partial charge in [0.1, 0.15) is 35.9 Å². The second kappa shape index (κ2) is 40.4. The lowest BCUT2D eigenvalue weighted by Crippen LogP contribution is -2.52. The van der Waals surface area contributed by atoms with E-state index in [4.69, 9.17) is 57.4 Å². The maximum Gasteiger partial charge on any atom is 0.407 e. The van der Waals surface area contributed by atoms with Gasteiger partial charge in [0.05, 0.1) is 34.1 Å². The van der Waals surface area contributed by atoms with E-state index < -0.39 is 88.8 Å². The number of fused-ring (bicyclic) bond motifs is 2. The van der Waals surface area contributed by atoms with Gasteiger partial charge in [-0.05, 0) is 198 Å². The molecule has 27 heteroatoms. The van der Waals surface area contributed by atoms with Crippen LogP contribution >= 0.6 is 10.7 Å². The second-order valence-corrected chi connectivity index (χ2v) is 49.2. The molecule has 6 aromatic rings. The van der Waals surface area contributed by atoms with Crippen LogP contribution in [0.1, 0.15) is 159 Å². The van der Waals surface area contributed by atoms with Crippen LogP contribution in [0, 0.1) is 10.8 Å². The number of aliphatic hydroxyl groups excluding tert-OH is 2. The third-order valence-corrected chi connectivity index (χ3v) is 31.9. The summed E-state index contributed by atoms with van der Waals surface area (Å²) in [6, 6.07) is 42.4. The molecule has 2 amide bonds. The fourth-order valence-corrected chi connectivity index (χ4v) is 15.9. The van der Waals surface area contributed by atoms with E-state index in [2.05, 4.69) is 97.5 Å². The number of nitrogens with zero attached hydrogens (tertiary/aromatic N) is 1. The first-order valence-corrected chi connectivity index (χ1v) is 47.6. The van der Waals surface area contributed by atoms with E-state index in [0.29, 0.717) is 68.0 Å². The van der Waals surface area contributed by atoms with E-state index >= 15 is 0 Å². The van der Waals surface area contributed by atoms with Crippen molar-refractivity contribution in [3.05, 3.63) is 168 Å². The zero-order chi connectivity index (χ0) is 82.4. The molecule has 0 aliphatic carbocycles. The summed E-state index contributed by atoms with van der Waals surface area (Å²) < 4.78 is 109. The van der Waals surface area contributed by atoms with Crippen LogP contribution in [0.2, 0.25) is 36.3 Å². The Kier molecular flexibility index (Phi) is 33.8. The Labute approximate surface area is 668 Å². The Morgan fingerprint density at radius 2 is 0.892 bits per heavy atom. The molecule has 111 heavy (non-hydrogen) atoms. The van der Waals surface area contributed by atoms with Crippen LogP contribution in [0.15, 0.2) is 155 Å². The highest BCUT2D eigenvalue weighted by Gasteiger charge is 2.40. The summed E-state index contributed by atoms with van der Waals surface area (Å²) in [7, 11) is -6.41. The minimum atomic E-state index is -4.17. The SMILES string of the molecule is CC(C)(CCCO[Si](C)(C)C(C)(C)C)CN(C[C@@H](O)[C@H](Cc1ccc(OCc2ccccc2)cc1)NC(=O)OC(C)(C)C)S(=O)(=O)c1ccc2c(c1)OCO2.CC(C)(CCCO[Si](C)(C)C(C)(C)C)CNC[C@@H](O)[C@H](Cc1ccc(OCc2ccccc2)cc1)NC(=O)OC(C)(C)C.O=S(=O)(Cl)c1ccc2c(c1)OCO2. The van der Waals surface area contributed by atoms with Crippen LogP contribution in [-0.2, 0) is 63.5 Å². The molecule has 0 saturated carbocycles. The number of carbonyl (C=O) groups excluding carboxylic acids is 2. The minimum absolute atomic E-state index is 0.00336. The molecule has 0 bridgehead atoms. The number of carbonyl (C=O) groups is 2. The Balaban J connectivity index is 0.000000303. The van der Waals surface area contributed by atoms with Gasteiger partial charge in [-0.1, -0.05) is 154 Å². The topological polar surface area (TPSA) is 275 Å². The number of aliphatic hydroxyl groups is 2. The first-order chi connectivity index (χ1) is 51.5. The van der Waals surface area contributed by atoms with E-state index in [1.165, 1.54) is 34.6 Å². The van der Waals surface area contributed by atoms with E-state index in [0.717, 1.165) is 60.4 Å². The number of benzene rings is 6. The van der Waals surface area contributed by atoms with Gasteiger partial charge >= 0.3 is 12.2 Å². The van der Waals surface area contributed by atoms with E-state index in [9.17, 15) is 36.6 Å². The lowest BCUT2D eigenvalue weighted by molar-refractivity contribution is 0.0389. The average molecular weight is 1630 g/mol. The molecule has 0 spiro atoms. The van der Waals surface area contributed by atoms with Crippen LogP contribution in [-0.4, -0.2) is 149 Å². The number of alkyl carbamates (subject to hydrolysis) is 2. The molecule has 0 radical (unpaired) electrons. The van der Waals surface area contributed by atoms with Crippen molar-refractivity contribution in [3.8, 4) is 34.5 Å². The van der Waals surface area contributed by atoms with Crippen molar-refractivity contribution in [1.29, 1.82) is 0 Å². The van der Waals surface area contributed by atoms with Gasteiger partial charge in [0.15, 0.2) is 39.6 Å². The van der Waals surface area contributed by atoms with Gasteiger partial charge in [-0.25, -0.2) is 26.4 Å². The van der Waals surface area contributed by atoms with Gasteiger partial charge in [0.25, 0.3) is 9.05 Å². The molecule has 0 saturated heterocycles. The monoisotopic (exact) mass is 1630 g/mol. The van der Waals surface area contributed by atoms with Crippen LogP contribution in [0.5, 0.6) is 34.5 Å². The van der Waals surface area contributed by atoms with E-state index in [-0.39, 0.29) is 58.4 Å². The first-order valence-electron chi connectivity index (χ1n) is 38.1. The van der Waals surface area contributed by atoms with Gasteiger partial charge in [0.2, 0.25) is 23.6 Å². The summed E-state index contributed by atoms with van der Waals surface area (Å²) in [5, 5.41) is 32.6. The van der Waals surface area contributed by atoms with E-state index in [1.54, 1.807) is 26.8 Å². The smallest absolute Gasteiger partial charge is 0.407 e. The Morgan fingerprint density at radius 3 is 1.30 bits per heavy atom. The molecule has 6 aromatic carbocycles. The third kappa shape index (κ3) is 32.1. The summed E-state index contributed by atoms with van der Waals surface area (Å²) in [6.45, 7) is 45.0. The fraction of sp³-hybridized carbons (Fsp3) is 0.548. The number of sulfonamides is 1. The fourth-order valence-electron chi connectivity index (χ4n) is 11.3. The van der Waals surface area contributed by atoms with Gasteiger partial charge in [-0.3, -0.25) is 0 Å². The first kappa shape index (κ1) is 92.9. The summed E-state index contributed by atoms with van der Waals surface area (Å²) >= 11 is 0. The summed E-state index contributed by atoms with van der Waals surface area (Å²) in [4.78, 5) is 25.8. The largest absolute Gasteiger partial charge is 0.489 e. The molecule has 616 valence electrons. The molecule has 22 nitrogen and oxygen atoms in total. The van der Waals surface area contributed by atoms with Crippen molar-refractivity contribution < 1.29 is 83.4 Å². The highest BCUT2D eigenvalue weighted by atomic mass is 35.7. The van der Waals surface area contributed by atoms with Gasteiger partial charge < -0.3 is 72.9 Å². The maximum absolute atomic E-state index is 14.5. The molecule has 0 fully saturated rings. The zero-order valence-corrected chi connectivity index (χ0v) is 73.4. The number of nitrogens with one attached hydrogen (secondary N) is 3. The Hall–Kier alpha value is -6.96. The minimum Gasteiger partial charge on any atom is -0.489 e. The Morgan fingerprint density at radius 1 is 0.505 bits per heavy atom. The summed E-state index contributed by atoms with van der Waals surface area (Å²) in [6.07, 6.45) is 0.716. The molecule has 8 rings (SSSR count). The van der Waals surface area contributed by atoms with Crippen molar-refractivity contribution in [1.82, 2.24) is 20.3 Å². The zero-order valence-electron chi connectivity index (χ0n) is 69.0. The third-order valence-electron chi connectivity index (χ3n) is 19.7. The number of hydrogen-bond acceptors (Lipinski definition) is 19. The van der Waals surface area contributed by atoms with Crippen molar-refractivity contribution in [2.75, 3.05) is 53.0 Å². The molecule has 0 unspecified atom stereocenters. The van der Waals surface area contributed by atoms with Crippen LogP contribution < -0.4 is 44.4 Å². The maximum atomic E-state index is 14.5. The van der Waals surface area contributed by atoms with Crippen LogP contribution in [0.4, 0.5) is 9.59 Å². The molecule has 2 heterocycles. The van der Waals surface area contributed by atoms with Crippen LogP contribution in [0.25, 0.3) is 0 Å². The lowest BCUT2D eigenvalue weighted by Gasteiger charge is -2.37. The number of amides is 2. The molecule has 5 N–H and O–H groups in total. The molecule has 4 atom stereocenters. The normalized spacial score (nSPS) is 14.5. The lowest BCUT2D eigenvalue weighted by atomic mass is 9.87. The molecular weight excluding hydrogens is 1510 g/mol. The number of halogens is 1. The van der Waals surface area contributed by atoms with Gasteiger partial charge in [-0.15, -0.1) is 0 Å². The predicted octanol–water partition coefficient (Wildman–Crippen LogP) is 17.1. The highest BCUT2D eigenvalue weighted by Crippen LogP contribution is 2.40. The second-order valence-electron chi connectivity index (χ2n) is 35.0. The number of rotatable bonds is 35. The molecule has 0 aromatic heterocycles. The molecule has 2 aliphatic heterocycles. The number of ether oxygens (including phenoxy) is 8. The Bertz CT molecular complexity index is 4110. The van der Waals surface area contributed by atoms with E-state index in [1.807, 2.05) is 144 Å². The number of hydrogen-bond donors (Lipinski definition) is 5. The van der Waals surface area contributed by atoms with Crippen molar-refractivity contribution in [2.24, 2.45) is 10.8 Å². The summed E-state index contributed by atoms with van der Waals surface area (Å²) in [5.41, 5.74) is 2.06. The van der Waals surface area contributed by atoms with Gasteiger partial charge in [-0.2, -0.15) is 4.31 Å². The molecule has 2 aliphatic rings. The standard InChI is InChI=1S/C42H62N2O9SSi.C35H58N2O5Si.C7H5ClO4S/c1-40(2,3)53-39(46)43-35(25-31-17-19-33(20-18-31)49-28-32-15-12-11-13-16-32)36(45)27-44(54(47,48)34-21-22-37-38(26-34)51-30-50-37)29-42(7,8)23-14-24-52-55(9,10)41(4,5)6;1-33(2,3)42-32(39)37-30(23-27-17-19-29(20-18-27)40-25-28-15-12-11-13-16-28)31(38)24-36-26-35(7,8)21-14-22-41-43(9,10)34(4,5)6;8-13(9,10)5-1-2-6-7(3-5)12-4-11-6/h11-13,15-22,26,35-36,45H,14,23-25,27-30H2,1-10H3,(H,43,46);11-13,15-20,30-31,36,38H,14,21-26H2,1-10H3,(H,37,39);1-3H,4H2/t35-,36+;30-,31+;/m00./s1. The van der Waals surface area contributed by atoms with Crippen molar-refractivity contribution >= 4 is 58.6 Å². The van der Waals surface area contributed by atoms with Crippen LogP contribution in [0.3, 0.4) is 0 Å². The average Bonchev–Trinajstić information content (AvgIpc) is 1.76. The van der Waals surface area contributed by atoms with Crippen molar-refractivity contribution in [2.45, 2.75) is 244 Å². The summed E-state index contributed by atoms with van der Waals surface area (Å²) in [5.74, 6) is 3.17. The predicted molar refractivity (Wildman–Crippen MR) is 442 cm³/mol. The quantitative estimate of drug-likeness (QED) is 0.0140. The molecular formula is C84H125ClN4O18S2Si2. The van der Waals surface area contributed by atoms with Crippen molar-refractivity contribution in [3.63, 3.8) is 0 Å². The highest BCUT2D eigenvalue weighted by molar-refractivity contribution is 8.13.